The van der Waals surface area contributed by atoms with Gasteiger partial charge in [0.05, 0.1) is 26.1 Å². The summed E-state index contributed by atoms with van der Waals surface area (Å²) in [6.45, 7) is 7.94. The van der Waals surface area contributed by atoms with Crippen LogP contribution < -0.4 is 10.0 Å². The maximum absolute atomic E-state index is 13.0. The number of benzene rings is 2. The number of sulfonamides is 2. The minimum Gasteiger partial charge on any atom is -0.383 e. The Kier molecular flexibility index (Phi) is 8.21. The Bertz CT molecular complexity index is 1190. The highest BCUT2D eigenvalue weighted by Gasteiger charge is 2.25. The summed E-state index contributed by atoms with van der Waals surface area (Å²) in [6, 6.07) is 7.77. The number of nitrogens with zero attached hydrogens (tertiary/aromatic N) is 2. The first-order valence-electron chi connectivity index (χ1n) is 10.1. The van der Waals surface area contributed by atoms with Crippen LogP contribution in [0.15, 0.2) is 46.2 Å². The van der Waals surface area contributed by atoms with E-state index in [2.05, 4.69) is 10.0 Å². The third-order valence-corrected chi connectivity index (χ3v) is 8.24. The van der Waals surface area contributed by atoms with Crippen molar-refractivity contribution < 1.29 is 21.8 Å². The molecule has 0 amide bonds. The fraction of sp³-hybridized carbons (Fsp3) is 0.400. The minimum absolute atomic E-state index is 0.0370. The second-order valence-corrected chi connectivity index (χ2v) is 10.7. The molecule has 0 aliphatic rings. The van der Waals surface area contributed by atoms with Gasteiger partial charge in [-0.3, -0.25) is 14.8 Å². The smallest absolute Gasteiger partial charge is 0.273 e. The predicted octanol–water partition coefficient (Wildman–Crippen LogP) is 3.56. The summed E-state index contributed by atoms with van der Waals surface area (Å²) < 4.78 is 55.5. The summed E-state index contributed by atoms with van der Waals surface area (Å²) in [7, 11) is -8.05. The second-order valence-electron chi connectivity index (χ2n) is 7.03. The Balaban J connectivity index is 2.56. The zero-order valence-corrected chi connectivity index (χ0v) is 20.1. The van der Waals surface area contributed by atoms with E-state index < -0.39 is 25.0 Å². The van der Waals surface area contributed by atoms with Gasteiger partial charge in [-0.2, -0.15) is 4.31 Å². The van der Waals surface area contributed by atoms with E-state index in [9.17, 15) is 26.9 Å². The highest BCUT2D eigenvalue weighted by molar-refractivity contribution is 7.92. The molecule has 176 valence electrons. The molecule has 0 unspecified atom stereocenters. The summed E-state index contributed by atoms with van der Waals surface area (Å²) in [5, 5.41) is 14.3. The number of hydrogen-bond donors (Lipinski definition) is 2. The van der Waals surface area contributed by atoms with Gasteiger partial charge >= 0.3 is 0 Å². The third-order valence-electron chi connectivity index (χ3n) is 4.83. The summed E-state index contributed by atoms with van der Waals surface area (Å²) >= 11 is 0. The molecule has 2 aromatic rings. The van der Waals surface area contributed by atoms with Crippen molar-refractivity contribution in [2.45, 2.75) is 43.9 Å². The average Bonchev–Trinajstić information content (AvgIpc) is 2.73. The minimum atomic E-state index is -4.23. The van der Waals surface area contributed by atoms with Gasteiger partial charge in [0.15, 0.2) is 0 Å². The zero-order valence-electron chi connectivity index (χ0n) is 18.5. The van der Waals surface area contributed by atoms with Crippen LogP contribution in [0.5, 0.6) is 0 Å². The molecule has 2 rings (SSSR count). The molecule has 0 saturated heterocycles. The Morgan fingerprint density at radius 1 is 0.938 bits per heavy atom. The lowest BCUT2D eigenvalue weighted by Gasteiger charge is -2.20. The number of aryl methyl sites for hydroxylation is 1. The third kappa shape index (κ3) is 5.56. The van der Waals surface area contributed by atoms with Gasteiger partial charge < -0.3 is 5.32 Å². The van der Waals surface area contributed by atoms with Crippen molar-refractivity contribution in [2.24, 2.45) is 0 Å². The predicted molar refractivity (Wildman–Crippen MR) is 124 cm³/mol. The maximum Gasteiger partial charge on any atom is 0.273 e. The molecule has 0 aliphatic heterocycles. The highest BCUT2D eigenvalue weighted by Crippen LogP contribution is 2.30. The van der Waals surface area contributed by atoms with Gasteiger partial charge in [-0.1, -0.05) is 26.8 Å². The van der Waals surface area contributed by atoms with Crippen molar-refractivity contribution in [3.05, 3.63) is 52.1 Å². The Labute approximate surface area is 188 Å². The fourth-order valence-corrected chi connectivity index (χ4v) is 5.63. The van der Waals surface area contributed by atoms with Gasteiger partial charge in [0.25, 0.3) is 15.7 Å². The number of rotatable bonds is 11. The van der Waals surface area contributed by atoms with Crippen LogP contribution in [0.2, 0.25) is 0 Å². The topological polar surface area (TPSA) is 139 Å². The molecule has 12 heteroatoms. The lowest BCUT2D eigenvalue weighted by Crippen LogP contribution is -2.30. The SMILES string of the molecule is CCCNc1ccc(S(=O)(=O)N(CC)CC)cc1NS(=O)(=O)c1ccc(C)c([N+](=O)[O-])c1. The summed E-state index contributed by atoms with van der Waals surface area (Å²) in [5.74, 6) is 0. The van der Waals surface area contributed by atoms with Crippen LogP contribution in [-0.4, -0.2) is 45.7 Å². The van der Waals surface area contributed by atoms with Crippen LogP contribution in [0.3, 0.4) is 0 Å². The van der Waals surface area contributed by atoms with Crippen molar-refractivity contribution in [2.75, 3.05) is 29.7 Å². The van der Waals surface area contributed by atoms with Gasteiger partial charge in [-0.25, -0.2) is 16.8 Å². The first-order valence-corrected chi connectivity index (χ1v) is 13.1. The molecule has 0 heterocycles. The molecule has 0 saturated carbocycles. The van der Waals surface area contributed by atoms with Crippen LogP contribution in [0.4, 0.5) is 17.1 Å². The van der Waals surface area contributed by atoms with E-state index in [0.717, 1.165) is 12.5 Å². The second kappa shape index (κ2) is 10.3. The van der Waals surface area contributed by atoms with Crippen molar-refractivity contribution in [3.8, 4) is 0 Å². The largest absolute Gasteiger partial charge is 0.383 e. The molecule has 0 atom stereocenters. The van der Waals surface area contributed by atoms with Gasteiger partial charge in [-0.15, -0.1) is 0 Å². The normalized spacial score (nSPS) is 12.0. The summed E-state index contributed by atoms with van der Waals surface area (Å²) in [4.78, 5) is 10.2. The van der Waals surface area contributed by atoms with E-state index in [1.807, 2.05) is 6.92 Å². The molecule has 32 heavy (non-hydrogen) atoms. The standard InChI is InChI=1S/C20H28N4O6S2/c1-5-12-21-18-11-10-17(32(29,30)23(6-2)7-3)13-19(18)22-31(27,28)16-9-8-15(4)20(14-16)24(25)26/h8-11,13-14,21-22H,5-7,12H2,1-4H3. The van der Waals surface area contributed by atoms with E-state index in [1.54, 1.807) is 13.8 Å². The Morgan fingerprint density at radius 2 is 1.56 bits per heavy atom. The van der Waals surface area contributed by atoms with Crippen molar-refractivity contribution in [3.63, 3.8) is 0 Å². The molecular formula is C20H28N4O6S2. The van der Waals surface area contributed by atoms with Crippen molar-refractivity contribution in [1.82, 2.24) is 4.31 Å². The quantitative estimate of drug-likeness (QED) is 0.367. The van der Waals surface area contributed by atoms with Crippen molar-refractivity contribution >= 4 is 37.1 Å². The number of nitro benzene ring substituents is 1. The lowest BCUT2D eigenvalue weighted by molar-refractivity contribution is -0.385. The highest BCUT2D eigenvalue weighted by atomic mass is 32.2. The van der Waals surface area contributed by atoms with Crippen LogP contribution in [-0.2, 0) is 20.0 Å². The van der Waals surface area contributed by atoms with Crippen LogP contribution in [0.1, 0.15) is 32.8 Å². The maximum atomic E-state index is 13.0. The van der Waals surface area contributed by atoms with Gasteiger partial charge in [0.2, 0.25) is 10.0 Å². The molecule has 2 N–H and O–H groups in total. The fourth-order valence-electron chi connectivity index (χ4n) is 3.05. The molecule has 0 aromatic heterocycles. The first kappa shape index (κ1) is 25.6. The van der Waals surface area contributed by atoms with Crippen molar-refractivity contribution in [1.29, 1.82) is 0 Å². The molecule has 0 aliphatic carbocycles. The molecule has 0 radical (unpaired) electrons. The van der Waals surface area contributed by atoms with Gasteiger partial charge in [0, 0.05) is 31.3 Å². The van der Waals surface area contributed by atoms with Crippen LogP contribution in [0.25, 0.3) is 0 Å². The van der Waals surface area contributed by atoms with Gasteiger partial charge in [0.1, 0.15) is 0 Å². The summed E-state index contributed by atoms with van der Waals surface area (Å²) in [6.07, 6.45) is 0.760. The van der Waals surface area contributed by atoms with E-state index in [0.29, 0.717) is 17.8 Å². The van der Waals surface area contributed by atoms with Crippen LogP contribution >= 0.6 is 0 Å². The monoisotopic (exact) mass is 484 g/mol. The average molecular weight is 485 g/mol. The molecule has 0 bridgehead atoms. The number of nitro groups is 1. The van der Waals surface area contributed by atoms with E-state index in [4.69, 9.17) is 0 Å². The van der Waals surface area contributed by atoms with E-state index in [-0.39, 0.29) is 34.3 Å². The Hall–Kier alpha value is -2.70. The van der Waals surface area contributed by atoms with E-state index in [1.165, 1.54) is 41.6 Å². The molecule has 0 spiro atoms. The van der Waals surface area contributed by atoms with Gasteiger partial charge in [-0.05, 0) is 37.6 Å². The first-order chi connectivity index (χ1) is 15.0. The lowest BCUT2D eigenvalue weighted by atomic mass is 10.2. The Morgan fingerprint density at radius 3 is 2.12 bits per heavy atom. The molecule has 0 fully saturated rings. The molecule has 2 aromatic carbocycles. The molecular weight excluding hydrogens is 456 g/mol. The van der Waals surface area contributed by atoms with Crippen LogP contribution in [0, 0.1) is 17.0 Å². The number of hydrogen-bond acceptors (Lipinski definition) is 7. The number of anilines is 2. The van der Waals surface area contributed by atoms with E-state index >= 15 is 0 Å². The summed E-state index contributed by atoms with van der Waals surface area (Å²) in [5.41, 5.74) is 0.437. The number of nitrogens with one attached hydrogen (secondary N) is 2. The zero-order chi connectivity index (χ0) is 24.1. The molecule has 10 nitrogen and oxygen atoms in total.